The molecule has 0 saturated carbocycles. The Hall–Kier alpha value is -0.870. The molecule has 1 aromatic carbocycles. The van der Waals surface area contributed by atoms with E-state index in [0.29, 0.717) is 0 Å². The molecule has 0 bridgehead atoms. The maximum Gasteiger partial charge on any atom is 0.148 e. The third-order valence-corrected chi connectivity index (χ3v) is 4.57. The molecule has 3 nitrogen and oxygen atoms in total. The summed E-state index contributed by atoms with van der Waals surface area (Å²) < 4.78 is 22.5. The second-order valence-corrected chi connectivity index (χ2v) is 7.53. The van der Waals surface area contributed by atoms with Crippen molar-refractivity contribution >= 4 is 9.84 Å². The highest BCUT2D eigenvalue weighted by Gasteiger charge is 2.14. The molecule has 0 aliphatic rings. The zero-order valence-electron chi connectivity index (χ0n) is 12.4. The van der Waals surface area contributed by atoms with Crippen LogP contribution in [0.1, 0.15) is 25.0 Å². The first-order valence-corrected chi connectivity index (χ1v) is 8.83. The number of aryl methyl sites for hydroxylation is 1. The van der Waals surface area contributed by atoms with Crippen molar-refractivity contribution in [1.82, 2.24) is 4.90 Å². The highest BCUT2D eigenvalue weighted by molar-refractivity contribution is 7.90. The minimum atomic E-state index is -2.90. The zero-order valence-corrected chi connectivity index (χ0v) is 13.2. The van der Waals surface area contributed by atoms with Gasteiger partial charge in [0.15, 0.2) is 0 Å². The molecule has 0 N–H and O–H groups in total. The standard InChI is InChI=1S/C15H25NO2S/c1-5-14-6-8-15(9-7-14)10-11-16(3)13(2)12-19(4,17)18/h6-9,13H,5,10-12H2,1-4H3/t13-/m0/s1. The number of sulfone groups is 1. The molecule has 0 aliphatic heterocycles. The Kier molecular flexibility index (Phi) is 6.01. The minimum absolute atomic E-state index is 0.0601. The molecule has 108 valence electrons. The Morgan fingerprint density at radius 3 is 2.16 bits per heavy atom. The predicted octanol–water partition coefficient (Wildman–Crippen LogP) is 2.16. The van der Waals surface area contributed by atoms with Crippen molar-refractivity contribution in [3.63, 3.8) is 0 Å². The van der Waals surface area contributed by atoms with E-state index < -0.39 is 9.84 Å². The van der Waals surface area contributed by atoms with Gasteiger partial charge in [-0.05, 0) is 37.9 Å². The Morgan fingerprint density at radius 1 is 1.16 bits per heavy atom. The third-order valence-electron chi connectivity index (χ3n) is 3.48. The molecule has 4 heteroatoms. The predicted molar refractivity (Wildman–Crippen MR) is 81.3 cm³/mol. The van der Waals surface area contributed by atoms with Crippen LogP contribution in [-0.2, 0) is 22.7 Å². The van der Waals surface area contributed by atoms with E-state index in [1.54, 1.807) is 0 Å². The van der Waals surface area contributed by atoms with Crippen LogP contribution in [0.3, 0.4) is 0 Å². The summed E-state index contributed by atoms with van der Waals surface area (Å²) in [6.07, 6.45) is 3.31. The van der Waals surface area contributed by atoms with E-state index in [2.05, 4.69) is 36.1 Å². The molecule has 0 spiro atoms. The molecular formula is C15H25NO2S. The second kappa shape index (κ2) is 7.06. The van der Waals surface area contributed by atoms with Crippen LogP contribution in [0.5, 0.6) is 0 Å². The van der Waals surface area contributed by atoms with E-state index in [0.717, 1.165) is 19.4 Å². The first-order chi connectivity index (χ1) is 8.81. The average molecular weight is 283 g/mol. The lowest BCUT2D eigenvalue weighted by atomic mass is 10.1. The summed E-state index contributed by atoms with van der Waals surface area (Å²) in [4.78, 5) is 2.11. The van der Waals surface area contributed by atoms with Gasteiger partial charge in [-0.3, -0.25) is 0 Å². The number of benzene rings is 1. The molecule has 0 unspecified atom stereocenters. The van der Waals surface area contributed by atoms with Gasteiger partial charge in [0.25, 0.3) is 0 Å². The van der Waals surface area contributed by atoms with Crippen LogP contribution in [0.4, 0.5) is 0 Å². The Bertz CT molecular complexity index is 479. The SMILES string of the molecule is CCc1ccc(CCN(C)[C@@H](C)CS(C)(=O)=O)cc1. The average Bonchev–Trinajstić information content (AvgIpc) is 2.34. The third kappa shape index (κ3) is 6.21. The van der Waals surface area contributed by atoms with E-state index in [1.807, 2.05) is 14.0 Å². The van der Waals surface area contributed by atoms with Gasteiger partial charge >= 0.3 is 0 Å². The second-order valence-electron chi connectivity index (χ2n) is 5.34. The summed E-state index contributed by atoms with van der Waals surface area (Å²) in [5.74, 6) is 0.221. The fraction of sp³-hybridized carbons (Fsp3) is 0.600. The molecule has 19 heavy (non-hydrogen) atoms. The summed E-state index contributed by atoms with van der Waals surface area (Å²) in [6.45, 7) is 4.99. The number of rotatable bonds is 7. The van der Waals surface area contributed by atoms with Crippen molar-refractivity contribution in [2.75, 3.05) is 25.6 Å². The van der Waals surface area contributed by atoms with Gasteiger partial charge in [-0.1, -0.05) is 31.2 Å². The first kappa shape index (κ1) is 16.2. The molecule has 0 aromatic heterocycles. The molecule has 0 fully saturated rings. The highest BCUT2D eigenvalue weighted by Crippen LogP contribution is 2.07. The molecule has 1 aromatic rings. The van der Waals surface area contributed by atoms with E-state index in [1.165, 1.54) is 17.4 Å². The number of nitrogens with zero attached hydrogens (tertiary/aromatic N) is 1. The molecule has 0 heterocycles. The van der Waals surface area contributed by atoms with Crippen LogP contribution in [-0.4, -0.2) is 45.0 Å². The van der Waals surface area contributed by atoms with E-state index in [-0.39, 0.29) is 11.8 Å². The molecule has 0 aliphatic carbocycles. The highest BCUT2D eigenvalue weighted by atomic mass is 32.2. The number of hydrogen-bond donors (Lipinski definition) is 0. The molecule has 1 atom stereocenters. The van der Waals surface area contributed by atoms with Gasteiger partial charge in [-0.2, -0.15) is 0 Å². The largest absolute Gasteiger partial charge is 0.302 e. The lowest BCUT2D eigenvalue weighted by molar-refractivity contribution is 0.279. The van der Waals surface area contributed by atoms with Gasteiger partial charge in [-0.15, -0.1) is 0 Å². The molecule has 0 amide bonds. The monoisotopic (exact) mass is 283 g/mol. The molecular weight excluding hydrogens is 258 g/mol. The summed E-state index contributed by atoms with van der Waals surface area (Å²) >= 11 is 0. The smallest absolute Gasteiger partial charge is 0.148 e. The van der Waals surface area contributed by atoms with Crippen LogP contribution < -0.4 is 0 Å². The first-order valence-electron chi connectivity index (χ1n) is 6.77. The summed E-state index contributed by atoms with van der Waals surface area (Å²) in [6, 6.07) is 8.71. The summed E-state index contributed by atoms with van der Waals surface area (Å²) in [7, 11) is -0.920. The zero-order chi connectivity index (χ0) is 14.5. The van der Waals surface area contributed by atoms with Gasteiger partial charge in [0, 0.05) is 18.8 Å². The van der Waals surface area contributed by atoms with E-state index in [9.17, 15) is 8.42 Å². The summed E-state index contributed by atoms with van der Waals surface area (Å²) in [5.41, 5.74) is 2.65. The molecule has 0 saturated heterocycles. The van der Waals surface area contributed by atoms with Crippen molar-refractivity contribution in [3.05, 3.63) is 35.4 Å². The van der Waals surface area contributed by atoms with Gasteiger partial charge < -0.3 is 4.90 Å². The van der Waals surface area contributed by atoms with Gasteiger partial charge in [-0.25, -0.2) is 8.42 Å². The van der Waals surface area contributed by atoms with Crippen molar-refractivity contribution in [1.29, 1.82) is 0 Å². The Labute approximate surface area is 117 Å². The van der Waals surface area contributed by atoms with Crippen LogP contribution in [0.2, 0.25) is 0 Å². The molecule has 1 rings (SSSR count). The quantitative estimate of drug-likeness (QED) is 0.769. The van der Waals surface area contributed by atoms with E-state index in [4.69, 9.17) is 0 Å². The maximum absolute atomic E-state index is 11.3. The van der Waals surface area contributed by atoms with Gasteiger partial charge in [0.1, 0.15) is 9.84 Å². The summed E-state index contributed by atoms with van der Waals surface area (Å²) in [5, 5.41) is 0. The normalized spacial score (nSPS) is 13.7. The van der Waals surface area contributed by atoms with Crippen LogP contribution >= 0.6 is 0 Å². The lowest BCUT2D eigenvalue weighted by Gasteiger charge is -2.23. The van der Waals surface area contributed by atoms with Crippen molar-refractivity contribution in [2.45, 2.75) is 32.7 Å². The Morgan fingerprint density at radius 2 is 1.68 bits per heavy atom. The molecule has 0 radical (unpaired) electrons. The number of likely N-dealkylation sites (N-methyl/N-ethyl adjacent to an activating group) is 1. The van der Waals surface area contributed by atoms with Crippen molar-refractivity contribution in [3.8, 4) is 0 Å². The van der Waals surface area contributed by atoms with Gasteiger partial charge in [0.05, 0.1) is 5.75 Å². The van der Waals surface area contributed by atoms with Crippen LogP contribution in [0, 0.1) is 0 Å². The van der Waals surface area contributed by atoms with Crippen molar-refractivity contribution < 1.29 is 8.42 Å². The lowest BCUT2D eigenvalue weighted by Crippen LogP contribution is -2.36. The van der Waals surface area contributed by atoms with E-state index >= 15 is 0 Å². The minimum Gasteiger partial charge on any atom is -0.302 e. The topological polar surface area (TPSA) is 37.4 Å². The van der Waals surface area contributed by atoms with Crippen molar-refractivity contribution in [2.24, 2.45) is 0 Å². The van der Waals surface area contributed by atoms with Crippen LogP contribution in [0.25, 0.3) is 0 Å². The Balaban J connectivity index is 2.46. The van der Waals surface area contributed by atoms with Crippen LogP contribution in [0.15, 0.2) is 24.3 Å². The number of hydrogen-bond acceptors (Lipinski definition) is 3. The fourth-order valence-corrected chi connectivity index (χ4v) is 3.16. The maximum atomic E-state index is 11.3. The fourth-order valence-electron chi connectivity index (χ4n) is 2.03. The van der Waals surface area contributed by atoms with Gasteiger partial charge in [0.2, 0.25) is 0 Å².